The Morgan fingerprint density at radius 2 is 1.93 bits per heavy atom. The normalized spacial score (nSPS) is 42.7. The first-order valence-corrected chi connectivity index (χ1v) is 7.23. The quantitative estimate of drug-likeness (QED) is 0.511. The number of hydrogen-bond acceptors (Lipinski definition) is 3. The largest absolute Gasteiger partial charge is 0.324 e. The van der Waals surface area contributed by atoms with E-state index in [1.165, 1.54) is 0 Å². The Morgan fingerprint density at radius 1 is 1.27 bits per heavy atom. The highest BCUT2D eigenvalue weighted by Gasteiger charge is 2.56. The lowest BCUT2D eigenvalue weighted by molar-refractivity contribution is -0.143. The second kappa shape index (κ2) is 2.77. The van der Waals surface area contributed by atoms with Crippen LogP contribution in [0.5, 0.6) is 0 Å². The molecule has 4 aliphatic rings. The lowest BCUT2D eigenvalue weighted by Crippen LogP contribution is -2.62. The van der Waals surface area contributed by atoms with Gasteiger partial charge in [0.25, 0.3) is 0 Å². The van der Waals surface area contributed by atoms with Crippen molar-refractivity contribution in [2.75, 3.05) is 0 Å². The molecule has 4 atom stereocenters. The monoisotopic (exact) mass is 247 g/mol. The van der Waals surface area contributed by atoms with Gasteiger partial charge >= 0.3 is 9.24 Å². The summed E-state index contributed by atoms with van der Waals surface area (Å²) in [5.74, 6) is 0.0362. The molecule has 2 bridgehead atoms. The van der Waals surface area contributed by atoms with Crippen molar-refractivity contribution in [1.29, 1.82) is 0 Å². The first-order chi connectivity index (χ1) is 7.00. The maximum absolute atomic E-state index is 11.8. The summed E-state index contributed by atoms with van der Waals surface area (Å²) in [6.07, 6.45) is 5.67. The third-order valence-corrected chi connectivity index (χ3v) is 5.15. The van der Waals surface area contributed by atoms with Crippen LogP contribution in [-0.4, -0.2) is 24.7 Å². The molecule has 0 aromatic rings. The van der Waals surface area contributed by atoms with Crippen LogP contribution in [0.15, 0.2) is 12.2 Å². The summed E-state index contributed by atoms with van der Waals surface area (Å²) in [5, 5.41) is 0. The highest BCUT2D eigenvalue weighted by atomic mass is 35.7. The Morgan fingerprint density at radius 3 is 2.47 bits per heavy atom. The molecule has 1 saturated heterocycles. The highest BCUT2D eigenvalue weighted by Crippen LogP contribution is 2.52. The van der Waals surface area contributed by atoms with E-state index in [-0.39, 0.29) is 17.9 Å². The SMILES string of the molecule is O=C1C2C=CC(C3CCC23)N1S(=O)(=O)Cl. The van der Waals surface area contributed by atoms with Gasteiger partial charge in [-0.3, -0.25) is 4.79 Å². The fraction of sp³-hybridized carbons (Fsp3) is 0.667. The standard InChI is InChI=1S/C9H10ClNO3S/c10-15(13,14)11-8-4-3-7(9(11)12)5-1-2-6(5)8/h3-8H,1-2H2. The van der Waals surface area contributed by atoms with Crippen LogP contribution in [0, 0.1) is 17.8 Å². The van der Waals surface area contributed by atoms with Crippen LogP contribution in [0.2, 0.25) is 0 Å². The van der Waals surface area contributed by atoms with Crippen LogP contribution in [0.25, 0.3) is 0 Å². The van der Waals surface area contributed by atoms with Gasteiger partial charge in [0.1, 0.15) is 0 Å². The van der Waals surface area contributed by atoms with Crippen LogP contribution < -0.4 is 0 Å². The maximum atomic E-state index is 11.8. The molecule has 15 heavy (non-hydrogen) atoms. The van der Waals surface area contributed by atoms with Crippen molar-refractivity contribution >= 4 is 25.8 Å². The molecule has 0 spiro atoms. The van der Waals surface area contributed by atoms with Gasteiger partial charge in [-0.25, -0.2) is 4.31 Å². The second-order valence-corrected chi connectivity index (χ2v) is 6.77. The first kappa shape index (κ1) is 9.66. The van der Waals surface area contributed by atoms with E-state index in [0.29, 0.717) is 11.8 Å². The lowest BCUT2D eigenvalue weighted by Gasteiger charge is -2.54. The molecule has 0 radical (unpaired) electrons. The molecule has 6 heteroatoms. The predicted octanol–water partition coefficient (Wildman–Crippen LogP) is 0.893. The molecule has 2 aliphatic carbocycles. The van der Waals surface area contributed by atoms with Gasteiger partial charge in [-0.2, -0.15) is 8.42 Å². The fourth-order valence-corrected chi connectivity index (χ4v) is 4.34. The number of halogens is 1. The van der Waals surface area contributed by atoms with Crippen LogP contribution in [0.1, 0.15) is 12.8 Å². The summed E-state index contributed by atoms with van der Waals surface area (Å²) in [5.41, 5.74) is 0. The van der Waals surface area contributed by atoms with E-state index in [1.807, 2.05) is 12.2 Å². The molecule has 4 rings (SSSR count). The van der Waals surface area contributed by atoms with Crippen molar-refractivity contribution in [2.24, 2.45) is 17.8 Å². The van der Waals surface area contributed by atoms with Crippen LogP contribution in [-0.2, 0) is 14.0 Å². The maximum Gasteiger partial charge on any atom is 0.324 e. The van der Waals surface area contributed by atoms with Gasteiger partial charge < -0.3 is 0 Å². The summed E-state index contributed by atoms with van der Waals surface area (Å²) in [4.78, 5) is 11.8. The number of fused-ring (bicyclic) bond motifs is 1. The first-order valence-electron chi connectivity index (χ1n) is 4.96. The van der Waals surface area contributed by atoms with E-state index in [4.69, 9.17) is 10.7 Å². The van der Waals surface area contributed by atoms with Crippen molar-refractivity contribution in [3.63, 3.8) is 0 Å². The molecular weight excluding hydrogens is 238 g/mol. The minimum absolute atomic E-state index is 0.262. The number of piperidine rings is 1. The molecule has 4 unspecified atom stereocenters. The molecule has 1 saturated carbocycles. The minimum Gasteiger partial charge on any atom is -0.273 e. The number of rotatable bonds is 1. The number of carbonyl (C=O) groups excluding carboxylic acids is 1. The Kier molecular flexibility index (Phi) is 1.78. The van der Waals surface area contributed by atoms with E-state index in [0.717, 1.165) is 17.1 Å². The molecule has 2 aliphatic heterocycles. The van der Waals surface area contributed by atoms with Gasteiger partial charge in [-0.05, 0) is 24.7 Å². The summed E-state index contributed by atoms with van der Waals surface area (Å²) >= 11 is 0. The van der Waals surface area contributed by atoms with Crippen molar-refractivity contribution in [3.05, 3.63) is 12.2 Å². The molecule has 1 amide bonds. The number of hydrogen-bond donors (Lipinski definition) is 0. The van der Waals surface area contributed by atoms with Crippen molar-refractivity contribution in [1.82, 2.24) is 4.31 Å². The van der Waals surface area contributed by atoms with Crippen LogP contribution >= 0.6 is 10.7 Å². The number of amides is 1. The average Bonchev–Trinajstić information content (AvgIpc) is 2.03. The summed E-state index contributed by atoms with van der Waals surface area (Å²) in [7, 11) is 1.36. The van der Waals surface area contributed by atoms with Crippen molar-refractivity contribution < 1.29 is 13.2 Å². The molecule has 82 valence electrons. The third kappa shape index (κ3) is 1.13. The highest BCUT2D eigenvalue weighted by molar-refractivity contribution is 8.12. The Labute approximate surface area is 92.4 Å². The van der Waals surface area contributed by atoms with E-state index in [9.17, 15) is 13.2 Å². The fourth-order valence-electron chi connectivity index (χ4n) is 3.00. The molecule has 0 N–H and O–H groups in total. The van der Waals surface area contributed by atoms with Gasteiger partial charge in [0.2, 0.25) is 5.91 Å². The van der Waals surface area contributed by atoms with E-state index in [2.05, 4.69) is 0 Å². The average molecular weight is 248 g/mol. The lowest BCUT2D eigenvalue weighted by atomic mass is 9.58. The van der Waals surface area contributed by atoms with E-state index in [1.54, 1.807) is 0 Å². The summed E-state index contributed by atoms with van der Waals surface area (Å²) < 4.78 is 23.5. The molecule has 2 heterocycles. The van der Waals surface area contributed by atoms with Gasteiger partial charge in [-0.15, -0.1) is 0 Å². The predicted molar refractivity (Wildman–Crippen MR) is 54.3 cm³/mol. The summed E-state index contributed by atoms with van der Waals surface area (Å²) in [6, 6.07) is -0.330. The zero-order chi connectivity index (χ0) is 10.8. The minimum atomic E-state index is -3.92. The zero-order valence-corrected chi connectivity index (χ0v) is 9.41. The van der Waals surface area contributed by atoms with Gasteiger partial charge in [0.15, 0.2) is 0 Å². The molecular formula is C9H10ClNO3S. The van der Waals surface area contributed by atoms with Crippen molar-refractivity contribution in [3.8, 4) is 0 Å². The van der Waals surface area contributed by atoms with E-state index >= 15 is 0 Å². The van der Waals surface area contributed by atoms with Gasteiger partial charge in [0, 0.05) is 10.7 Å². The Balaban J connectivity index is 2.07. The van der Waals surface area contributed by atoms with E-state index < -0.39 is 9.24 Å². The molecule has 4 nitrogen and oxygen atoms in total. The Hall–Kier alpha value is -0.550. The Bertz CT molecular complexity index is 458. The second-order valence-electron chi connectivity index (χ2n) is 4.38. The van der Waals surface area contributed by atoms with Crippen molar-refractivity contribution in [2.45, 2.75) is 18.9 Å². The number of carbonyl (C=O) groups is 1. The smallest absolute Gasteiger partial charge is 0.273 e. The molecule has 0 aromatic heterocycles. The zero-order valence-electron chi connectivity index (χ0n) is 7.84. The van der Waals surface area contributed by atoms with Gasteiger partial charge in [0.05, 0.1) is 12.0 Å². The third-order valence-electron chi connectivity index (χ3n) is 3.81. The van der Waals surface area contributed by atoms with Gasteiger partial charge in [-0.1, -0.05) is 12.2 Å². The molecule has 2 fully saturated rings. The summed E-state index contributed by atoms with van der Waals surface area (Å²) in [6.45, 7) is 0. The molecule has 0 aromatic carbocycles. The van der Waals surface area contributed by atoms with Crippen LogP contribution in [0.3, 0.4) is 0 Å². The number of nitrogens with zero attached hydrogens (tertiary/aromatic N) is 1. The van der Waals surface area contributed by atoms with Crippen LogP contribution in [0.4, 0.5) is 0 Å². The topological polar surface area (TPSA) is 54.5 Å².